The zero-order valence-corrected chi connectivity index (χ0v) is 10.6. The number of hydrogen-bond donors (Lipinski definition) is 2. The maximum Gasteiger partial charge on any atom is 0.214 e. The predicted octanol–water partition coefficient (Wildman–Crippen LogP) is 1.47. The number of hydrogen-bond acceptors (Lipinski definition) is 5. The third-order valence-corrected chi connectivity index (χ3v) is 3.27. The second kappa shape index (κ2) is 6.15. The van der Waals surface area contributed by atoms with Gasteiger partial charge in [0, 0.05) is 12.2 Å². The molecule has 2 rings (SSSR count). The third kappa shape index (κ3) is 3.30. The van der Waals surface area contributed by atoms with Crippen LogP contribution < -0.4 is 5.73 Å². The number of thioether (sulfide) groups is 1. The van der Waals surface area contributed by atoms with E-state index in [1.165, 1.54) is 0 Å². The maximum absolute atomic E-state index is 7.15. The fourth-order valence-corrected chi connectivity index (χ4v) is 2.26. The second-order valence-corrected chi connectivity index (χ2v) is 4.75. The third-order valence-electron chi connectivity index (χ3n) is 2.26. The van der Waals surface area contributed by atoms with Gasteiger partial charge in [0.25, 0.3) is 0 Å². The molecule has 0 aliphatic rings. The van der Waals surface area contributed by atoms with E-state index >= 15 is 0 Å². The van der Waals surface area contributed by atoms with Gasteiger partial charge in [-0.15, -0.1) is 5.10 Å². The first-order chi connectivity index (χ1) is 8.77. The molecule has 0 spiro atoms. The first-order valence-electron chi connectivity index (χ1n) is 5.57. The maximum atomic E-state index is 7.15. The Morgan fingerprint density at radius 3 is 2.83 bits per heavy atom. The van der Waals surface area contributed by atoms with Gasteiger partial charge in [-0.3, -0.25) is 5.41 Å². The first-order valence-corrected chi connectivity index (χ1v) is 6.55. The summed E-state index contributed by atoms with van der Waals surface area (Å²) in [5, 5.41) is 19.5. The van der Waals surface area contributed by atoms with Crippen LogP contribution in [0.2, 0.25) is 0 Å². The van der Waals surface area contributed by atoms with Crippen molar-refractivity contribution in [1.29, 1.82) is 5.41 Å². The molecule has 7 heteroatoms. The summed E-state index contributed by atoms with van der Waals surface area (Å²) >= 11 is 1.57. The minimum atomic E-state index is 0.221. The molecule has 0 atom stereocenters. The summed E-state index contributed by atoms with van der Waals surface area (Å²) in [4.78, 5) is 0. The van der Waals surface area contributed by atoms with Gasteiger partial charge in [0.1, 0.15) is 0 Å². The number of aromatic nitrogens is 4. The standard InChI is InChI=1S/C11H14N6S/c12-10(13)7-4-8-18-11-14-15-16-17(11)9-5-2-1-3-6-9/h1-3,5-6H,4,7-8H2,(H3,12,13). The molecule has 0 saturated carbocycles. The fraction of sp³-hybridized carbons (Fsp3) is 0.273. The van der Waals surface area contributed by atoms with Crippen molar-refractivity contribution in [2.45, 2.75) is 18.0 Å². The van der Waals surface area contributed by atoms with Gasteiger partial charge < -0.3 is 5.73 Å². The highest BCUT2D eigenvalue weighted by Crippen LogP contribution is 2.18. The van der Waals surface area contributed by atoms with Gasteiger partial charge in [-0.1, -0.05) is 30.0 Å². The van der Waals surface area contributed by atoms with E-state index in [2.05, 4.69) is 15.5 Å². The molecule has 0 aliphatic carbocycles. The summed E-state index contributed by atoms with van der Waals surface area (Å²) in [5.74, 6) is 1.06. The Balaban J connectivity index is 1.98. The highest BCUT2D eigenvalue weighted by Gasteiger charge is 2.07. The summed E-state index contributed by atoms with van der Waals surface area (Å²) < 4.78 is 1.71. The van der Waals surface area contributed by atoms with Crippen LogP contribution in [0.25, 0.3) is 5.69 Å². The second-order valence-electron chi connectivity index (χ2n) is 3.69. The van der Waals surface area contributed by atoms with E-state index in [0.717, 1.165) is 23.0 Å². The number of tetrazole rings is 1. The lowest BCUT2D eigenvalue weighted by Crippen LogP contribution is -2.09. The van der Waals surface area contributed by atoms with E-state index in [-0.39, 0.29) is 5.84 Å². The molecule has 0 radical (unpaired) electrons. The van der Waals surface area contributed by atoms with Gasteiger partial charge in [-0.2, -0.15) is 4.68 Å². The molecule has 0 amide bonds. The van der Waals surface area contributed by atoms with Crippen LogP contribution in [0, 0.1) is 5.41 Å². The van der Waals surface area contributed by atoms with Crippen molar-refractivity contribution in [3.05, 3.63) is 30.3 Å². The number of para-hydroxylation sites is 1. The number of benzene rings is 1. The summed E-state index contributed by atoms with van der Waals surface area (Å²) in [6, 6.07) is 9.75. The first kappa shape index (κ1) is 12.6. The van der Waals surface area contributed by atoms with Gasteiger partial charge >= 0.3 is 0 Å². The molecule has 6 nitrogen and oxygen atoms in total. The summed E-state index contributed by atoms with van der Waals surface area (Å²) in [6.45, 7) is 0. The molecular formula is C11H14N6S. The number of nitrogens with zero attached hydrogens (tertiary/aromatic N) is 4. The molecule has 3 N–H and O–H groups in total. The smallest absolute Gasteiger partial charge is 0.214 e. The van der Waals surface area contributed by atoms with Crippen molar-refractivity contribution >= 4 is 17.6 Å². The van der Waals surface area contributed by atoms with E-state index in [0.29, 0.717) is 6.42 Å². The average molecular weight is 262 g/mol. The Morgan fingerprint density at radius 1 is 1.33 bits per heavy atom. The lowest BCUT2D eigenvalue weighted by Gasteiger charge is -2.03. The van der Waals surface area contributed by atoms with E-state index in [1.807, 2.05) is 30.3 Å². The predicted molar refractivity (Wildman–Crippen MR) is 71.0 cm³/mol. The van der Waals surface area contributed by atoms with Crippen molar-refractivity contribution in [2.75, 3.05) is 5.75 Å². The van der Waals surface area contributed by atoms with E-state index in [1.54, 1.807) is 16.4 Å². The van der Waals surface area contributed by atoms with Crippen LogP contribution in [-0.2, 0) is 0 Å². The van der Waals surface area contributed by atoms with Gasteiger partial charge in [0.05, 0.1) is 11.5 Å². The highest BCUT2D eigenvalue weighted by atomic mass is 32.2. The van der Waals surface area contributed by atoms with Crippen LogP contribution in [0.5, 0.6) is 0 Å². The molecule has 1 aromatic heterocycles. The summed E-state index contributed by atoms with van der Waals surface area (Å²) in [7, 11) is 0. The lowest BCUT2D eigenvalue weighted by molar-refractivity contribution is 0.756. The number of amidine groups is 1. The largest absolute Gasteiger partial charge is 0.388 e. The van der Waals surface area contributed by atoms with Crippen molar-refractivity contribution in [2.24, 2.45) is 5.73 Å². The molecule has 0 saturated heterocycles. The van der Waals surface area contributed by atoms with Crippen LogP contribution in [0.3, 0.4) is 0 Å². The SMILES string of the molecule is N=C(N)CCCSc1nnnn1-c1ccccc1. The molecule has 1 heterocycles. The van der Waals surface area contributed by atoms with Crippen molar-refractivity contribution < 1.29 is 0 Å². The zero-order chi connectivity index (χ0) is 12.8. The molecule has 0 fully saturated rings. The Kier molecular flexibility index (Phi) is 4.30. The molecular weight excluding hydrogens is 248 g/mol. The van der Waals surface area contributed by atoms with Crippen LogP contribution in [-0.4, -0.2) is 31.8 Å². The number of nitrogens with two attached hydrogens (primary N) is 1. The van der Waals surface area contributed by atoms with Crippen molar-refractivity contribution in [1.82, 2.24) is 20.2 Å². The number of rotatable bonds is 6. The van der Waals surface area contributed by atoms with Crippen LogP contribution in [0.1, 0.15) is 12.8 Å². The molecule has 94 valence electrons. The van der Waals surface area contributed by atoms with Crippen molar-refractivity contribution in [3.63, 3.8) is 0 Å². The van der Waals surface area contributed by atoms with Gasteiger partial charge in [0.2, 0.25) is 5.16 Å². The topological polar surface area (TPSA) is 93.5 Å². The monoisotopic (exact) mass is 262 g/mol. The Morgan fingerprint density at radius 2 is 2.11 bits per heavy atom. The minimum Gasteiger partial charge on any atom is -0.388 e. The number of nitrogens with one attached hydrogen (secondary N) is 1. The molecule has 0 unspecified atom stereocenters. The van der Waals surface area contributed by atoms with Crippen LogP contribution >= 0.6 is 11.8 Å². The Hall–Kier alpha value is -1.89. The van der Waals surface area contributed by atoms with Gasteiger partial charge in [0.15, 0.2) is 0 Å². The van der Waals surface area contributed by atoms with Gasteiger partial charge in [-0.25, -0.2) is 0 Å². The molecule has 18 heavy (non-hydrogen) atoms. The van der Waals surface area contributed by atoms with Crippen molar-refractivity contribution in [3.8, 4) is 5.69 Å². The summed E-state index contributed by atoms with van der Waals surface area (Å²) in [5.41, 5.74) is 6.24. The fourth-order valence-electron chi connectivity index (χ4n) is 1.43. The highest BCUT2D eigenvalue weighted by molar-refractivity contribution is 7.99. The Labute approximate surface area is 109 Å². The quantitative estimate of drug-likeness (QED) is 0.356. The van der Waals surface area contributed by atoms with E-state index in [9.17, 15) is 0 Å². The molecule has 0 bridgehead atoms. The molecule has 0 aliphatic heterocycles. The van der Waals surface area contributed by atoms with E-state index < -0.39 is 0 Å². The molecule has 2 aromatic rings. The minimum absolute atomic E-state index is 0.221. The van der Waals surface area contributed by atoms with Crippen LogP contribution in [0.15, 0.2) is 35.5 Å². The Bertz CT molecular complexity index is 509. The average Bonchev–Trinajstić information content (AvgIpc) is 2.84. The van der Waals surface area contributed by atoms with Crippen LogP contribution in [0.4, 0.5) is 0 Å². The lowest BCUT2D eigenvalue weighted by atomic mass is 10.3. The normalized spacial score (nSPS) is 10.4. The zero-order valence-electron chi connectivity index (χ0n) is 9.78. The molecule has 1 aromatic carbocycles. The summed E-state index contributed by atoms with van der Waals surface area (Å²) in [6.07, 6.45) is 1.46. The van der Waals surface area contributed by atoms with Gasteiger partial charge in [-0.05, 0) is 29.0 Å². The van der Waals surface area contributed by atoms with E-state index in [4.69, 9.17) is 11.1 Å².